The lowest BCUT2D eigenvalue weighted by molar-refractivity contribution is 0.839. The van der Waals surface area contributed by atoms with Crippen molar-refractivity contribution < 1.29 is 0 Å². The fourth-order valence-corrected chi connectivity index (χ4v) is 1.12. The summed E-state index contributed by atoms with van der Waals surface area (Å²) in [6.45, 7) is 0. The maximum Gasteiger partial charge on any atom is 0.182 e. The van der Waals surface area contributed by atoms with Crippen LogP contribution in [0.15, 0.2) is 18.9 Å². The van der Waals surface area contributed by atoms with Crippen LogP contribution in [0.5, 0.6) is 0 Å². The molecule has 0 unspecified atom stereocenters. The van der Waals surface area contributed by atoms with Crippen molar-refractivity contribution >= 4 is 28.9 Å². The highest BCUT2D eigenvalue weighted by Gasteiger charge is 2.04. The molecule has 0 aliphatic heterocycles. The summed E-state index contributed by atoms with van der Waals surface area (Å²) in [6, 6.07) is 0. The lowest BCUT2D eigenvalue weighted by Crippen LogP contribution is -2.26. The molecule has 2 aromatic rings. The zero-order valence-electron chi connectivity index (χ0n) is 6.88. The number of hydrogen-bond donors (Lipinski definition) is 0. The molecule has 0 saturated carbocycles. The summed E-state index contributed by atoms with van der Waals surface area (Å²) in [4.78, 5) is 12.0. The molecule has 6 heteroatoms. The number of rotatable bonds is 2. The molecule has 1 radical (unpaired) electrons. The second-order valence-electron chi connectivity index (χ2n) is 2.44. The molecule has 0 aliphatic carbocycles. The summed E-state index contributed by atoms with van der Waals surface area (Å²) in [5.41, 5.74) is 4.00. The van der Waals surface area contributed by atoms with E-state index in [1.807, 2.05) is 0 Å². The Balaban J connectivity index is 2.64. The van der Waals surface area contributed by atoms with Gasteiger partial charge in [-0.3, -0.25) is 5.01 Å². The van der Waals surface area contributed by atoms with Crippen LogP contribution in [0.2, 0.25) is 0 Å². The average Bonchev–Trinajstić information content (AvgIpc) is 2.60. The molecule has 65 valence electrons. The minimum absolute atomic E-state index is 0.645. The molecule has 13 heavy (non-hydrogen) atoms. The Bertz CT molecular complexity index is 437. The van der Waals surface area contributed by atoms with Crippen LogP contribution >= 0.6 is 12.2 Å². The third kappa shape index (κ3) is 1.25. The van der Waals surface area contributed by atoms with E-state index in [9.17, 15) is 0 Å². The summed E-state index contributed by atoms with van der Waals surface area (Å²) in [5, 5.41) is 1.61. The second kappa shape index (κ2) is 3.06. The molecule has 0 saturated heterocycles. The van der Waals surface area contributed by atoms with Crippen molar-refractivity contribution in [3.05, 3.63) is 18.9 Å². The third-order valence-electron chi connectivity index (χ3n) is 1.66. The number of hydrogen-bond acceptors (Lipinski definition) is 4. The Morgan fingerprint density at radius 2 is 2.38 bits per heavy atom. The maximum absolute atomic E-state index is 4.67. The Kier molecular flexibility index (Phi) is 1.90. The predicted molar refractivity (Wildman–Crippen MR) is 52.1 cm³/mol. The van der Waals surface area contributed by atoms with E-state index in [0.717, 1.165) is 5.52 Å². The van der Waals surface area contributed by atoms with Crippen molar-refractivity contribution in [2.45, 2.75) is 0 Å². The van der Waals surface area contributed by atoms with E-state index < -0.39 is 0 Å². The number of thiocarbonyl (C=S) groups is 1. The predicted octanol–water partition coefficient (Wildman–Crippen LogP) is 0.228. The monoisotopic (exact) mass is 192 g/mol. The number of aromatic nitrogens is 4. The van der Waals surface area contributed by atoms with Crippen LogP contribution in [0.4, 0.5) is 0 Å². The molecular weight excluding hydrogens is 186 g/mol. The molecule has 5 nitrogen and oxygen atoms in total. The zero-order chi connectivity index (χ0) is 9.26. The Labute approximate surface area is 80.0 Å². The smallest absolute Gasteiger partial charge is 0.182 e. The SMILES string of the molecule is CN([C]=S)n1cnc2ncncc21. The van der Waals surface area contributed by atoms with Gasteiger partial charge in [-0.15, -0.1) is 0 Å². The van der Waals surface area contributed by atoms with Gasteiger partial charge in [-0.1, -0.05) is 12.2 Å². The van der Waals surface area contributed by atoms with E-state index in [2.05, 4.69) is 32.7 Å². The van der Waals surface area contributed by atoms with Crippen molar-refractivity contribution in [1.29, 1.82) is 0 Å². The van der Waals surface area contributed by atoms with Crippen LogP contribution in [-0.4, -0.2) is 32.2 Å². The quantitative estimate of drug-likeness (QED) is 0.503. The van der Waals surface area contributed by atoms with Gasteiger partial charge in [0.25, 0.3) is 0 Å². The van der Waals surface area contributed by atoms with E-state index in [4.69, 9.17) is 0 Å². The van der Waals surface area contributed by atoms with Crippen molar-refractivity contribution in [3.63, 3.8) is 0 Å². The standard InChI is InChI=1S/C7H6N5S/c1-11(5-13)12-4-10-7-6(12)2-8-3-9-7/h2-4H,1H3. The van der Waals surface area contributed by atoms with E-state index >= 15 is 0 Å². The molecule has 0 amide bonds. The first-order valence-electron chi connectivity index (χ1n) is 3.58. The summed E-state index contributed by atoms with van der Waals surface area (Å²) in [5.74, 6) is 0. The number of fused-ring (bicyclic) bond motifs is 1. The van der Waals surface area contributed by atoms with Crippen LogP contribution < -0.4 is 5.01 Å². The first kappa shape index (κ1) is 8.06. The molecule has 0 atom stereocenters. The molecule has 0 bridgehead atoms. The van der Waals surface area contributed by atoms with Crippen LogP contribution in [0.1, 0.15) is 0 Å². The van der Waals surface area contributed by atoms with Gasteiger partial charge in [0, 0.05) is 7.05 Å². The number of nitrogens with zero attached hydrogens (tertiary/aromatic N) is 5. The second-order valence-corrected chi connectivity index (χ2v) is 2.62. The van der Waals surface area contributed by atoms with Gasteiger partial charge in [-0.25, -0.2) is 19.6 Å². The van der Waals surface area contributed by atoms with Crippen LogP contribution in [0.3, 0.4) is 0 Å². The minimum Gasteiger partial charge on any atom is -0.269 e. The van der Waals surface area contributed by atoms with Gasteiger partial charge in [0.05, 0.1) is 6.20 Å². The normalized spacial score (nSPS) is 10.2. The Morgan fingerprint density at radius 1 is 1.54 bits per heavy atom. The van der Waals surface area contributed by atoms with E-state index in [-0.39, 0.29) is 0 Å². The fraction of sp³-hybridized carbons (Fsp3) is 0.143. The summed E-state index contributed by atoms with van der Waals surface area (Å²) in [7, 11) is 1.78. The maximum atomic E-state index is 4.67. The zero-order valence-corrected chi connectivity index (χ0v) is 7.69. The Hall–Kier alpha value is -1.56. The lowest BCUT2D eigenvalue weighted by atomic mass is 10.6. The lowest BCUT2D eigenvalue weighted by Gasteiger charge is -2.12. The topological polar surface area (TPSA) is 46.8 Å². The summed E-state index contributed by atoms with van der Waals surface area (Å²) < 4.78 is 1.72. The van der Waals surface area contributed by atoms with Gasteiger partial charge >= 0.3 is 0 Å². The van der Waals surface area contributed by atoms with Crippen molar-refractivity contribution in [2.75, 3.05) is 12.1 Å². The molecule has 0 aromatic carbocycles. The Morgan fingerprint density at radius 3 is 3.15 bits per heavy atom. The highest BCUT2D eigenvalue weighted by atomic mass is 32.1. The average molecular weight is 192 g/mol. The third-order valence-corrected chi connectivity index (χ3v) is 1.93. The molecule has 0 N–H and O–H groups in total. The van der Waals surface area contributed by atoms with Crippen LogP contribution in [0, 0.1) is 0 Å². The number of imidazole rings is 1. The van der Waals surface area contributed by atoms with Gasteiger partial charge in [-0.05, 0) is 0 Å². The van der Waals surface area contributed by atoms with Crippen molar-refractivity contribution in [1.82, 2.24) is 19.6 Å². The summed E-state index contributed by atoms with van der Waals surface area (Å²) in [6.07, 6.45) is 4.76. The molecule has 0 aliphatic rings. The molecular formula is C7H6N5S. The fourth-order valence-electron chi connectivity index (χ4n) is 1.03. The van der Waals surface area contributed by atoms with Gasteiger partial charge in [0.15, 0.2) is 11.1 Å². The largest absolute Gasteiger partial charge is 0.269 e. The van der Waals surface area contributed by atoms with Crippen LogP contribution in [0.25, 0.3) is 11.2 Å². The first-order valence-corrected chi connectivity index (χ1v) is 3.98. The van der Waals surface area contributed by atoms with Gasteiger partial charge in [0.2, 0.25) is 0 Å². The molecule has 2 heterocycles. The molecule has 0 fully saturated rings. The summed E-state index contributed by atoms with van der Waals surface area (Å²) >= 11 is 4.67. The highest BCUT2D eigenvalue weighted by molar-refractivity contribution is 7.79. The van der Waals surface area contributed by atoms with Gasteiger partial charge in [0.1, 0.15) is 18.2 Å². The van der Waals surface area contributed by atoms with Crippen molar-refractivity contribution in [3.8, 4) is 0 Å². The molecule has 0 spiro atoms. The van der Waals surface area contributed by atoms with E-state index in [0.29, 0.717) is 5.65 Å². The first-order chi connectivity index (χ1) is 6.33. The van der Waals surface area contributed by atoms with Crippen LogP contribution in [-0.2, 0) is 0 Å². The minimum atomic E-state index is 0.645. The van der Waals surface area contributed by atoms with Gasteiger partial charge in [-0.2, -0.15) is 0 Å². The van der Waals surface area contributed by atoms with Gasteiger partial charge < -0.3 is 0 Å². The van der Waals surface area contributed by atoms with E-state index in [1.54, 1.807) is 29.3 Å². The highest BCUT2D eigenvalue weighted by Crippen LogP contribution is 2.06. The molecule has 2 rings (SSSR count). The molecule has 2 aromatic heterocycles. The van der Waals surface area contributed by atoms with E-state index in [1.165, 1.54) is 6.33 Å². The van der Waals surface area contributed by atoms with Crippen molar-refractivity contribution in [2.24, 2.45) is 0 Å².